The highest BCUT2D eigenvalue weighted by Crippen LogP contribution is 2.40. The first kappa shape index (κ1) is 14.1. The number of benzene rings is 1. The topological polar surface area (TPSA) is 77.3 Å². The maximum Gasteiger partial charge on any atom is 0.296 e. The van der Waals surface area contributed by atoms with E-state index in [4.69, 9.17) is 4.74 Å². The van der Waals surface area contributed by atoms with Gasteiger partial charge >= 0.3 is 0 Å². The molecule has 1 heterocycles. The summed E-state index contributed by atoms with van der Waals surface area (Å²) in [7, 11) is 3.14. The fourth-order valence-corrected chi connectivity index (χ4v) is 2.60. The van der Waals surface area contributed by atoms with Gasteiger partial charge in [-0.05, 0) is 18.2 Å². The maximum absolute atomic E-state index is 11.0. The van der Waals surface area contributed by atoms with Gasteiger partial charge in [0.1, 0.15) is 11.4 Å². The Morgan fingerprint density at radius 2 is 2.05 bits per heavy atom. The number of methoxy groups -OCH3 is 1. The summed E-state index contributed by atoms with van der Waals surface area (Å²) in [6.07, 6.45) is 3.39. The lowest BCUT2D eigenvalue weighted by Gasteiger charge is -2.11. The van der Waals surface area contributed by atoms with Gasteiger partial charge in [-0.3, -0.25) is 15.1 Å². The largest absolute Gasteiger partial charge is 0.495 e. The average Bonchev–Trinajstić information content (AvgIpc) is 2.47. The standard InChI is InChI=1S/C13H13N3O3S/c1-14-10-7-13(20-9-3-5-15-6-4-9)12(19-2)8-11(10)16(17)18/h3-8,14H,1-2H3. The van der Waals surface area contributed by atoms with Crippen molar-refractivity contribution in [3.05, 3.63) is 46.8 Å². The molecule has 1 aromatic carbocycles. The van der Waals surface area contributed by atoms with Crippen molar-refractivity contribution in [2.75, 3.05) is 19.5 Å². The second-order valence-electron chi connectivity index (χ2n) is 3.81. The predicted molar refractivity (Wildman–Crippen MR) is 77.6 cm³/mol. The van der Waals surface area contributed by atoms with Crippen LogP contribution in [0.5, 0.6) is 5.75 Å². The van der Waals surface area contributed by atoms with Crippen LogP contribution in [0.15, 0.2) is 46.5 Å². The molecule has 0 aliphatic rings. The van der Waals surface area contributed by atoms with Crippen LogP contribution in [0.25, 0.3) is 0 Å². The number of hydrogen-bond donors (Lipinski definition) is 1. The first-order valence-electron chi connectivity index (χ1n) is 5.77. The molecule has 0 aliphatic heterocycles. The number of pyridine rings is 1. The fraction of sp³-hybridized carbons (Fsp3) is 0.154. The molecular weight excluding hydrogens is 278 g/mol. The van der Waals surface area contributed by atoms with E-state index in [2.05, 4.69) is 10.3 Å². The van der Waals surface area contributed by atoms with Crippen LogP contribution in [0.2, 0.25) is 0 Å². The summed E-state index contributed by atoms with van der Waals surface area (Å²) in [6.45, 7) is 0. The smallest absolute Gasteiger partial charge is 0.296 e. The highest BCUT2D eigenvalue weighted by atomic mass is 32.2. The Kier molecular flexibility index (Phi) is 4.41. The molecule has 0 saturated carbocycles. The van der Waals surface area contributed by atoms with Gasteiger partial charge in [0.25, 0.3) is 5.69 Å². The van der Waals surface area contributed by atoms with Gasteiger partial charge < -0.3 is 10.1 Å². The summed E-state index contributed by atoms with van der Waals surface area (Å²) in [4.78, 5) is 16.3. The van der Waals surface area contributed by atoms with E-state index in [9.17, 15) is 10.1 Å². The zero-order chi connectivity index (χ0) is 14.5. The molecule has 0 aliphatic carbocycles. The van der Waals surface area contributed by atoms with E-state index < -0.39 is 4.92 Å². The number of nitro benzene ring substituents is 1. The number of aromatic nitrogens is 1. The lowest BCUT2D eigenvalue weighted by molar-refractivity contribution is -0.384. The summed E-state index contributed by atoms with van der Waals surface area (Å²) in [5, 5.41) is 13.8. The van der Waals surface area contributed by atoms with Gasteiger partial charge in [0.2, 0.25) is 0 Å². The average molecular weight is 291 g/mol. The summed E-state index contributed by atoms with van der Waals surface area (Å²) in [6, 6.07) is 6.87. The number of nitro groups is 1. The number of anilines is 1. The molecule has 2 aromatic rings. The molecule has 6 nitrogen and oxygen atoms in total. The Hall–Kier alpha value is -2.28. The van der Waals surface area contributed by atoms with E-state index in [1.807, 2.05) is 12.1 Å². The van der Waals surface area contributed by atoms with Crippen LogP contribution in [-0.2, 0) is 0 Å². The van der Waals surface area contributed by atoms with Crippen molar-refractivity contribution < 1.29 is 9.66 Å². The minimum atomic E-state index is -0.435. The first-order chi connectivity index (χ1) is 9.65. The van der Waals surface area contributed by atoms with Crippen LogP contribution in [0, 0.1) is 10.1 Å². The molecule has 1 aromatic heterocycles. The molecule has 0 saturated heterocycles. The van der Waals surface area contributed by atoms with Gasteiger partial charge in [0, 0.05) is 24.3 Å². The predicted octanol–water partition coefficient (Wildman–Crippen LogP) is 3.19. The number of ether oxygens (including phenoxy) is 1. The van der Waals surface area contributed by atoms with Crippen molar-refractivity contribution in [3.8, 4) is 5.75 Å². The second-order valence-corrected chi connectivity index (χ2v) is 4.93. The monoisotopic (exact) mass is 291 g/mol. The molecule has 0 unspecified atom stereocenters. The van der Waals surface area contributed by atoms with Crippen molar-refractivity contribution >= 4 is 23.1 Å². The number of rotatable bonds is 5. The van der Waals surface area contributed by atoms with Crippen molar-refractivity contribution in [2.24, 2.45) is 0 Å². The SMILES string of the molecule is CNc1cc(Sc2ccncc2)c(OC)cc1[N+](=O)[O-]. The zero-order valence-corrected chi connectivity index (χ0v) is 11.8. The van der Waals surface area contributed by atoms with Gasteiger partial charge in [-0.25, -0.2) is 0 Å². The molecule has 0 amide bonds. The van der Waals surface area contributed by atoms with Crippen LogP contribution in [-0.4, -0.2) is 24.1 Å². The normalized spacial score (nSPS) is 10.1. The summed E-state index contributed by atoms with van der Waals surface area (Å²) >= 11 is 1.46. The third kappa shape index (κ3) is 3.00. The quantitative estimate of drug-likeness (QED) is 0.673. The molecule has 0 fully saturated rings. The molecule has 0 radical (unpaired) electrons. The maximum atomic E-state index is 11.0. The molecular formula is C13H13N3O3S. The van der Waals surface area contributed by atoms with E-state index >= 15 is 0 Å². The fourth-order valence-electron chi connectivity index (χ4n) is 1.67. The minimum Gasteiger partial charge on any atom is -0.495 e. The lowest BCUT2D eigenvalue weighted by atomic mass is 10.2. The molecule has 0 spiro atoms. The molecule has 0 atom stereocenters. The number of hydrogen-bond acceptors (Lipinski definition) is 6. The highest BCUT2D eigenvalue weighted by Gasteiger charge is 2.18. The number of nitrogens with zero attached hydrogens (tertiary/aromatic N) is 2. The van der Waals surface area contributed by atoms with Gasteiger partial charge in [-0.2, -0.15) is 0 Å². The van der Waals surface area contributed by atoms with Crippen LogP contribution >= 0.6 is 11.8 Å². The summed E-state index contributed by atoms with van der Waals surface area (Å²) in [5.41, 5.74) is 0.441. The van der Waals surface area contributed by atoms with Crippen molar-refractivity contribution in [3.63, 3.8) is 0 Å². The van der Waals surface area contributed by atoms with Gasteiger partial charge in [0.05, 0.1) is 23.0 Å². The van der Waals surface area contributed by atoms with Crippen LogP contribution in [0.4, 0.5) is 11.4 Å². The third-order valence-electron chi connectivity index (χ3n) is 2.63. The minimum absolute atomic E-state index is 0.0107. The van der Waals surface area contributed by atoms with Gasteiger partial charge in [-0.1, -0.05) is 11.8 Å². The van der Waals surface area contributed by atoms with Crippen molar-refractivity contribution in [1.82, 2.24) is 4.98 Å². The Bertz CT molecular complexity index is 620. The zero-order valence-electron chi connectivity index (χ0n) is 11.0. The first-order valence-corrected chi connectivity index (χ1v) is 6.59. The van der Waals surface area contributed by atoms with Crippen LogP contribution in [0.1, 0.15) is 0 Å². The molecule has 0 bridgehead atoms. The van der Waals surface area contributed by atoms with Gasteiger partial charge in [-0.15, -0.1) is 0 Å². The van der Waals surface area contributed by atoms with Crippen LogP contribution < -0.4 is 10.1 Å². The molecule has 20 heavy (non-hydrogen) atoms. The molecule has 1 N–H and O–H groups in total. The lowest BCUT2D eigenvalue weighted by Crippen LogP contribution is -1.98. The van der Waals surface area contributed by atoms with E-state index in [0.29, 0.717) is 11.4 Å². The molecule has 7 heteroatoms. The van der Waals surface area contributed by atoms with E-state index in [1.54, 1.807) is 25.5 Å². The van der Waals surface area contributed by atoms with E-state index in [-0.39, 0.29) is 5.69 Å². The van der Waals surface area contributed by atoms with E-state index in [0.717, 1.165) is 9.79 Å². The Labute approximate surface area is 120 Å². The van der Waals surface area contributed by atoms with Gasteiger partial charge in [0.15, 0.2) is 0 Å². The summed E-state index contributed by atoms with van der Waals surface area (Å²) in [5.74, 6) is 0.470. The number of nitrogens with one attached hydrogen (secondary N) is 1. The van der Waals surface area contributed by atoms with Crippen LogP contribution in [0.3, 0.4) is 0 Å². The van der Waals surface area contributed by atoms with Crippen molar-refractivity contribution in [2.45, 2.75) is 9.79 Å². The van der Waals surface area contributed by atoms with Crippen molar-refractivity contribution in [1.29, 1.82) is 0 Å². The Morgan fingerprint density at radius 3 is 2.60 bits per heavy atom. The summed E-state index contributed by atoms with van der Waals surface area (Å²) < 4.78 is 5.24. The third-order valence-corrected chi connectivity index (χ3v) is 3.67. The van der Waals surface area contributed by atoms with E-state index in [1.165, 1.54) is 24.9 Å². The molecule has 104 valence electrons. The molecule has 2 rings (SSSR count). The Morgan fingerprint density at radius 1 is 1.35 bits per heavy atom. The highest BCUT2D eigenvalue weighted by molar-refractivity contribution is 7.99. The second kappa shape index (κ2) is 6.25. The Balaban J connectivity index is 2.44.